The van der Waals surface area contributed by atoms with Gasteiger partial charge in [-0.05, 0) is 84.5 Å². The Morgan fingerprint density at radius 2 is 0.915 bits per heavy atom. The molecule has 0 atom stereocenters. The number of fused-ring (bicyclic) bond motifs is 9. The first-order valence-corrected chi connectivity index (χ1v) is 19.8. The van der Waals surface area contributed by atoms with Gasteiger partial charge in [0.25, 0.3) is 0 Å². The molecule has 5 nitrogen and oxygen atoms in total. The van der Waals surface area contributed by atoms with Crippen molar-refractivity contribution in [3.63, 3.8) is 0 Å². The van der Waals surface area contributed by atoms with Crippen molar-refractivity contribution >= 4 is 65.0 Å². The predicted molar refractivity (Wildman–Crippen MR) is 242 cm³/mol. The third kappa shape index (κ3) is 5.55. The van der Waals surface area contributed by atoms with Crippen LogP contribution in [0.15, 0.2) is 199 Å². The average molecular weight is 753 g/mol. The predicted octanol–water partition coefficient (Wildman–Crippen LogP) is 14.1. The Labute approximate surface area is 338 Å². The molecule has 59 heavy (non-hydrogen) atoms. The summed E-state index contributed by atoms with van der Waals surface area (Å²) in [6.45, 7) is 0. The molecule has 0 unspecified atom stereocenters. The van der Waals surface area contributed by atoms with Gasteiger partial charge < -0.3 is 4.42 Å². The highest BCUT2D eigenvalue weighted by Crippen LogP contribution is 2.42. The van der Waals surface area contributed by atoms with Gasteiger partial charge in [0.2, 0.25) is 5.89 Å². The van der Waals surface area contributed by atoms with Crippen LogP contribution >= 0.6 is 0 Å². The minimum Gasteiger partial charge on any atom is -0.435 e. The van der Waals surface area contributed by atoms with E-state index in [0.29, 0.717) is 23.4 Å². The third-order valence-electron chi connectivity index (χ3n) is 11.5. The van der Waals surface area contributed by atoms with Gasteiger partial charge in [-0.1, -0.05) is 164 Å². The standard InChI is InChI=1S/C54H32N4O/c1-2-13-38(14-3-1)54-55-47-30-29-36-24-28-41-32-46(43-18-8-9-19-44(43)48(41)49(36)50(47)59-54)53-57-51(56-52(58-53)45-20-10-16-35-12-6-7-17-42(35)45)37-25-21-34(22-26-37)40-27-23-33-11-4-5-15-39(33)31-40/h1-32H. The van der Waals surface area contributed by atoms with Crippen LogP contribution in [0.25, 0.3) is 122 Å². The molecule has 12 rings (SSSR count). The zero-order valence-corrected chi connectivity index (χ0v) is 31.7. The van der Waals surface area contributed by atoms with Gasteiger partial charge in [0, 0.05) is 33.0 Å². The summed E-state index contributed by atoms with van der Waals surface area (Å²) >= 11 is 0. The minimum absolute atomic E-state index is 0.606. The van der Waals surface area contributed by atoms with Crippen molar-refractivity contribution < 1.29 is 4.42 Å². The lowest BCUT2D eigenvalue weighted by Gasteiger charge is -2.14. The second-order valence-corrected chi connectivity index (χ2v) is 15.0. The monoisotopic (exact) mass is 752 g/mol. The van der Waals surface area contributed by atoms with Gasteiger partial charge in [-0.3, -0.25) is 0 Å². The summed E-state index contributed by atoms with van der Waals surface area (Å²) in [5.41, 5.74) is 7.64. The van der Waals surface area contributed by atoms with Crippen molar-refractivity contribution in [3.8, 4) is 56.7 Å². The molecule has 0 aliphatic heterocycles. The molecule has 0 aliphatic rings. The zero-order valence-electron chi connectivity index (χ0n) is 31.7. The molecule has 5 heteroatoms. The zero-order chi connectivity index (χ0) is 38.9. The van der Waals surface area contributed by atoms with E-state index in [4.69, 9.17) is 24.4 Å². The van der Waals surface area contributed by atoms with Gasteiger partial charge in [-0.25, -0.2) is 19.9 Å². The molecule has 2 heterocycles. The summed E-state index contributed by atoms with van der Waals surface area (Å²) < 4.78 is 6.62. The quantitative estimate of drug-likeness (QED) is 0.164. The third-order valence-corrected chi connectivity index (χ3v) is 11.5. The number of aromatic nitrogens is 4. The second kappa shape index (κ2) is 13.3. The average Bonchev–Trinajstić information content (AvgIpc) is 3.76. The van der Waals surface area contributed by atoms with Crippen LogP contribution < -0.4 is 0 Å². The lowest BCUT2D eigenvalue weighted by atomic mass is 9.92. The van der Waals surface area contributed by atoms with Crippen molar-refractivity contribution in [2.75, 3.05) is 0 Å². The fraction of sp³-hybridized carbons (Fsp3) is 0. The molecular weight excluding hydrogens is 721 g/mol. The highest BCUT2D eigenvalue weighted by atomic mass is 16.3. The van der Waals surface area contributed by atoms with Crippen LogP contribution in [-0.4, -0.2) is 19.9 Å². The molecular formula is C54H32N4O. The van der Waals surface area contributed by atoms with Gasteiger partial charge in [0.1, 0.15) is 5.52 Å². The largest absolute Gasteiger partial charge is 0.435 e. The Bertz CT molecular complexity index is 3610. The fourth-order valence-corrected chi connectivity index (χ4v) is 8.63. The SMILES string of the molecule is c1ccc(-c2nc3ccc4ccc5cc(-c6nc(-c7ccc(-c8ccc9ccccc9c8)cc7)nc(-c7cccc8ccccc78)n6)c6ccccc6c5c4c3o2)cc1. The van der Waals surface area contributed by atoms with E-state index >= 15 is 0 Å². The van der Waals surface area contributed by atoms with Gasteiger partial charge in [0.05, 0.1) is 0 Å². The number of oxazole rings is 1. The molecule has 0 aliphatic carbocycles. The maximum Gasteiger partial charge on any atom is 0.227 e. The molecule has 274 valence electrons. The van der Waals surface area contributed by atoms with Crippen molar-refractivity contribution in [1.82, 2.24) is 19.9 Å². The molecule has 0 amide bonds. The van der Waals surface area contributed by atoms with E-state index in [1.807, 2.05) is 36.4 Å². The van der Waals surface area contributed by atoms with Crippen molar-refractivity contribution in [1.29, 1.82) is 0 Å². The lowest BCUT2D eigenvalue weighted by molar-refractivity contribution is 0.623. The number of hydrogen-bond acceptors (Lipinski definition) is 5. The van der Waals surface area contributed by atoms with Crippen LogP contribution in [0.2, 0.25) is 0 Å². The molecule has 10 aromatic carbocycles. The smallest absolute Gasteiger partial charge is 0.227 e. The molecule has 0 saturated carbocycles. The minimum atomic E-state index is 0.606. The van der Waals surface area contributed by atoms with E-state index < -0.39 is 0 Å². The first-order chi connectivity index (χ1) is 29.2. The summed E-state index contributed by atoms with van der Waals surface area (Å²) in [7, 11) is 0. The maximum absolute atomic E-state index is 6.62. The molecule has 2 aromatic heterocycles. The molecule has 0 saturated heterocycles. The molecule has 0 spiro atoms. The van der Waals surface area contributed by atoms with Gasteiger partial charge >= 0.3 is 0 Å². The summed E-state index contributed by atoms with van der Waals surface area (Å²) in [6, 6.07) is 67.7. The van der Waals surface area contributed by atoms with Crippen LogP contribution in [0.3, 0.4) is 0 Å². The van der Waals surface area contributed by atoms with Gasteiger partial charge in [-0.2, -0.15) is 0 Å². The Kier molecular flexibility index (Phi) is 7.47. The van der Waals surface area contributed by atoms with Crippen LogP contribution in [0, 0.1) is 0 Å². The fourth-order valence-electron chi connectivity index (χ4n) is 8.63. The molecule has 0 fully saturated rings. The van der Waals surface area contributed by atoms with Crippen molar-refractivity contribution in [2.45, 2.75) is 0 Å². The van der Waals surface area contributed by atoms with Gasteiger partial charge in [0.15, 0.2) is 23.1 Å². The summed E-state index contributed by atoms with van der Waals surface area (Å²) in [6.07, 6.45) is 0. The Balaban J connectivity index is 1.07. The Morgan fingerprint density at radius 3 is 1.76 bits per heavy atom. The van der Waals surface area contributed by atoms with Crippen LogP contribution in [-0.2, 0) is 0 Å². The highest BCUT2D eigenvalue weighted by Gasteiger charge is 2.20. The highest BCUT2D eigenvalue weighted by molar-refractivity contribution is 6.28. The number of nitrogens with zero attached hydrogens (tertiary/aromatic N) is 4. The Hall–Kier alpha value is -8.02. The molecule has 0 bridgehead atoms. The van der Waals surface area contributed by atoms with E-state index in [1.54, 1.807) is 0 Å². The van der Waals surface area contributed by atoms with Crippen LogP contribution in [0.5, 0.6) is 0 Å². The first kappa shape index (κ1) is 33.2. The van der Waals surface area contributed by atoms with E-state index in [0.717, 1.165) is 87.6 Å². The normalized spacial score (nSPS) is 11.7. The second-order valence-electron chi connectivity index (χ2n) is 15.0. The van der Waals surface area contributed by atoms with E-state index in [1.165, 1.54) is 10.8 Å². The van der Waals surface area contributed by atoms with E-state index in [-0.39, 0.29) is 0 Å². The lowest BCUT2D eigenvalue weighted by Crippen LogP contribution is -2.01. The Morgan fingerprint density at radius 1 is 0.305 bits per heavy atom. The van der Waals surface area contributed by atoms with Crippen molar-refractivity contribution in [3.05, 3.63) is 194 Å². The summed E-state index contributed by atoms with van der Waals surface area (Å²) in [5.74, 6) is 2.45. The number of benzene rings is 10. The van der Waals surface area contributed by atoms with Gasteiger partial charge in [-0.15, -0.1) is 0 Å². The van der Waals surface area contributed by atoms with E-state index in [2.05, 4.69) is 158 Å². The van der Waals surface area contributed by atoms with Crippen LogP contribution in [0.4, 0.5) is 0 Å². The number of hydrogen-bond donors (Lipinski definition) is 0. The summed E-state index contributed by atoms with van der Waals surface area (Å²) in [4.78, 5) is 20.7. The topological polar surface area (TPSA) is 64.7 Å². The first-order valence-electron chi connectivity index (χ1n) is 19.8. The molecule has 12 aromatic rings. The van der Waals surface area contributed by atoms with E-state index in [9.17, 15) is 0 Å². The van der Waals surface area contributed by atoms with Crippen LogP contribution in [0.1, 0.15) is 0 Å². The van der Waals surface area contributed by atoms with Crippen molar-refractivity contribution in [2.24, 2.45) is 0 Å². The maximum atomic E-state index is 6.62. The number of rotatable bonds is 5. The molecule has 0 radical (unpaired) electrons. The summed E-state index contributed by atoms with van der Waals surface area (Å²) in [5, 5.41) is 11.1. The molecule has 0 N–H and O–H groups in total.